The number of rotatable bonds is 5. The maximum absolute atomic E-state index is 11.4. The fraction of sp³-hybridized carbons (Fsp3) is 0.900. The van der Waals surface area contributed by atoms with Crippen molar-refractivity contribution in [2.75, 3.05) is 6.54 Å². The Bertz CT molecular complexity index is 178. The minimum absolute atomic E-state index is 0.0355. The van der Waals surface area contributed by atoms with Gasteiger partial charge in [-0.2, -0.15) is 0 Å². The van der Waals surface area contributed by atoms with Gasteiger partial charge >= 0.3 is 0 Å². The van der Waals surface area contributed by atoms with E-state index in [0.29, 0.717) is 5.92 Å². The molecule has 1 saturated carbocycles. The van der Waals surface area contributed by atoms with Crippen LogP contribution >= 0.6 is 15.9 Å². The highest BCUT2D eigenvalue weighted by Crippen LogP contribution is 2.31. The Labute approximate surface area is 88.6 Å². The summed E-state index contributed by atoms with van der Waals surface area (Å²) in [5, 5.41) is 2.95. The van der Waals surface area contributed by atoms with Crippen LogP contribution in [0.15, 0.2) is 0 Å². The standard InChI is InChI=1S/C10H18BrNO/c1-7(2)9(11)10(13)12-6-5-8-3-4-8/h7-9H,3-6H2,1-2H3,(H,12,13). The van der Waals surface area contributed by atoms with Gasteiger partial charge in [0.25, 0.3) is 0 Å². The molecule has 2 nitrogen and oxygen atoms in total. The highest BCUT2D eigenvalue weighted by molar-refractivity contribution is 9.10. The van der Waals surface area contributed by atoms with Gasteiger partial charge in [0, 0.05) is 6.54 Å². The van der Waals surface area contributed by atoms with Crippen molar-refractivity contribution in [1.29, 1.82) is 0 Å². The molecule has 1 amide bonds. The number of halogens is 1. The van der Waals surface area contributed by atoms with Crippen LogP contribution in [0.2, 0.25) is 0 Å². The van der Waals surface area contributed by atoms with Crippen molar-refractivity contribution in [3.8, 4) is 0 Å². The highest BCUT2D eigenvalue weighted by Gasteiger charge is 2.22. The third kappa shape index (κ3) is 4.12. The summed E-state index contributed by atoms with van der Waals surface area (Å²) in [6, 6.07) is 0. The number of amides is 1. The quantitative estimate of drug-likeness (QED) is 0.743. The largest absolute Gasteiger partial charge is 0.355 e. The molecule has 0 aromatic rings. The van der Waals surface area contributed by atoms with Gasteiger partial charge in [-0.25, -0.2) is 0 Å². The van der Waals surface area contributed by atoms with E-state index in [9.17, 15) is 4.79 Å². The molecule has 13 heavy (non-hydrogen) atoms. The summed E-state index contributed by atoms with van der Waals surface area (Å²) in [5.74, 6) is 1.39. The second-order valence-corrected chi connectivity index (χ2v) is 5.16. The number of carbonyl (C=O) groups excluding carboxylic acids is 1. The zero-order valence-corrected chi connectivity index (χ0v) is 9.93. The van der Waals surface area contributed by atoms with Gasteiger partial charge in [-0.05, 0) is 18.3 Å². The van der Waals surface area contributed by atoms with E-state index in [1.165, 1.54) is 12.8 Å². The number of hydrogen-bond donors (Lipinski definition) is 1. The molecule has 0 aliphatic heterocycles. The number of hydrogen-bond acceptors (Lipinski definition) is 1. The predicted molar refractivity (Wildman–Crippen MR) is 57.9 cm³/mol. The van der Waals surface area contributed by atoms with Crippen molar-refractivity contribution in [3.05, 3.63) is 0 Å². The number of carbonyl (C=O) groups is 1. The maximum atomic E-state index is 11.4. The van der Waals surface area contributed by atoms with Crippen LogP contribution in [-0.4, -0.2) is 17.3 Å². The lowest BCUT2D eigenvalue weighted by Gasteiger charge is -2.13. The Morgan fingerprint density at radius 1 is 1.54 bits per heavy atom. The van der Waals surface area contributed by atoms with E-state index in [4.69, 9.17) is 0 Å². The number of alkyl halides is 1. The summed E-state index contributed by atoms with van der Waals surface area (Å²) < 4.78 is 0. The lowest BCUT2D eigenvalue weighted by molar-refractivity contribution is -0.121. The smallest absolute Gasteiger partial charge is 0.234 e. The predicted octanol–water partition coefficient (Wildman–Crippen LogP) is 2.32. The molecular weight excluding hydrogens is 230 g/mol. The molecule has 1 aliphatic rings. The van der Waals surface area contributed by atoms with E-state index in [1.807, 2.05) is 13.8 Å². The van der Waals surface area contributed by atoms with Gasteiger partial charge in [-0.3, -0.25) is 4.79 Å². The fourth-order valence-corrected chi connectivity index (χ4v) is 1.37. The normalized spacial score (nSPS) is 18.8. The molecule has 1 rings (SSSR count). The fourth-order valence-electron chi connectivity index (χ4n) is 1.21. The summed E-state index contributed by atoms with van der Waals surface area (Å²) in [4.78, 5) is 11.4. The van der Waals surface area contributed by atoms with Crippen LogP contribution in [0.25, 0.3) is 0 Å². The zero-order valence-electron chi connectivity index (χ0n) is 8.35. The van der Waals surface area contributed by atoms with E-state index in [2.05, 4.69) is 21.2 Å². The number of nitrogens with one attached hydrogen (secondary N) is 1. The molecule has 1 fully saturated rings. The van der Waals surface area contributed by atoms with Gasteiger partial charge in [0.15, 0.2) is 0 Å². The van der Waals surface area contributed by atoms with Crippen LogP contribution in [0.1, 0.15) is 33.1 Å². The van der Waals surface area contributed by atoms with Crippen molar-refractivity contribution >= 4 is 21.8 Å². The SMILES string of the molecule is CC(C)C(Br)C(=O)NCCC1CC1. The molecule has 0 radical (unpaired) electrons. The zero-order chi connectivity index (χ0) is 9.84. The average Bonchev–Trinajstić information content (AvgIpc) is 2.86. The van der Waals surface area contributed by atoms with Crippen LogP contribution in [-0.2, 0) is 4.79 Å². The Morgan fingerprint density at radius 2 is 2.15 bits per heavy atom. The molecule has 0 aromatic carbocycles. The third-order valence-corrected chi connectivity index (χ3v) is 3.86. The second kappa shape index (κ2) is 4.99. The molecule has 76 valence electrons. The Balaban J connectivity index is 2.08. The molecule has 0 bridgehead atoms. The first-order valence-corrected chi connectivity index (χ1v) is 5.94. The summed E-state index contributed by atoms with van der Waals surface area (Å²) >= 11 is 3.38. The van der Waals surface area contributed by atoms with E-state index in [0.717, 1.165) is 18.9 Å². The highest BCUT2D eigenvalue weighted by atomic mass is 79.9. The van der Waals surface area contributed by atoms with Gasteiger partial charge in [0.05, 0.1) is 4.83 Å². The van der Waals surface area contributed by atoms with Gasteiger partial charge in [-0.15, -0.1) is 0 Å². The second-order valence-electron chi connectivity index (χ2n) is 4.17. The molecule has 0 saturated heterocycles. The molecule has 0 spiro atoms. The lowest BCUT2D eigenvalue weighted by Crippen LogP contribution is -2.34. The monoisotopic (exact) mass is 247 g/mol. The van der Waals surface area contributed by atoms with Crippen molar-refractivity contribution in [2.45, 2.75) is 37.9 Å². The molecule has 0 aromatic heterocycles. The van der Waals surface area contributed by atoms with Crippen molar-refractivity contribution < 1.29 is 4.79 Å². The van der Waals surface area contributed by atoms with Crippen LogP contribution in [0.4, 0.5) is 0 Å². The third-order valence-electron chi connectivity index (χ3n) is 2.38. The molecule has 3 heteroatoms. The average molecular weight is 248 g/mol. The topological polar surface area (TPSA) is 29.1 Å². The summed E-state index contributed by atoms with van der Waals surface area (Å²) in [6.45, 7) is 4.93. The molecule has 0 heterocycles. The molecule has 1 N–H and O–H groups in total. The first-order valence-electron chi connectivity index (χ1n) is 5.03. The molecular formula is C10H18BrNO. The first kappa shape index (κ1) is 11.0. The maximum Gasteiger partial charge on any atom is 0.234 e. The van der Waals surface area contributed by atoms with Crippen LogP contribution in [0.5, 0.6) is 0 Å². The minimum Gasteiger partial charge on any atom is -0.355 e. The van der Waals surface area contributed by atoms with Crippen LogP contribution in [0.3, 0.4) is 0 Å². The molecule has 1 unspecified atom stereocenters. The molecule has 1 atom stereocenters. The first-order chi connectivity index (χ1) is 6.11. The van der Waals surface area contributed by atoms with Gasteiger partial charge in [0.2, 0.25) is 5.91 Å². The molecule has 1 aliphatic carbocycles. The minimum atomic E-state index is -0.0355. The lowest BCUT2D eigenvalue weighted by atomic mass is 10.1. The van der Waals surface area contributed by atoms with E-state index < -0.39 is 0 Å². The van der Waals surface area contributed by atoms with Crippen molar-refractivity contribution in [2.24, 2.45) is 11.8 Å². The Kier molecular flexibility index (Phi) is 4.23. The Morgan fingerprint density at radius 3 is 2.62 bits per heavy atom. The van der Waals surface area contributed by atoms with Gasteiger partial charge < -0.3 is 5.32 Å². The van der Waals surface area contributed by atoms with Gasteiger partial charge in [0.1, 0.15) is 0 Å². The van der Waals surface area contributed by atoms with Crippen LogP contribution in [0, 0.1) is 11.8 Å². The van der Waals surface area contributed by atoms with E-state index in [1.54, 1.807) is 0 Å². The van der Waals surface area contributed by atoms with E-state index in [-0.39, 0.29) is 10.7 Å². The van der Waals surface area contributed by atoms with Crippen molar-refractivity contribution in [1.82, 2.24) is 5.32 Å². The summed E-state index contributed by atoms with van der Waals surface area (Å²) in [5.41, 5.74) is 0. The summed E-state index contributed by atoms with van der Waals surface area (Å²) in [6.07, 6.45) is 3.87. The Hall–Kier alpha value is -0.0500. The van der Waals surface area contributed by atoms with Crippen LogP contribution < -0.4 is 5.32 Å². The van der Waals surface area contributed by atoms with Gasteiger partial charge in [-0.1, -0.05) is 42.6 Å². The van der Waals surface area contributed by atoms with E-state index >= 15 is 0 Å². The van der Waals surface area contributed by atoms with Crippen molar-refractivity contribution in [3.63, 3.8) is 0 Å². The summed E-state index contributed by atoms with van der Waals surface area (Å²) in [7, 11) is 0.